The highest BCUT2D eigenvalue weighted by Crippen LogP contribution is 2.28. The predicted molar refractivity (Wildman–Crippen MR) is 82.9 cm³/mol. The smallest absolute Gasteiger partial charge is 0.237 e. The molecule has 3 N–H and O–H groups in total. The maximum absolute atomic E-state index is 11.7. The van der Waals surface area contributed by atoms with Crippen LogP contribution < -0.4 is 16.0 Å². The van der Waals surface area contributed by atoms with Crippen LogP contribution >= 0.6 is 0 Å². The van der Waals surface area contributed by atoms with Crippen molar-refractivity contribution < 1.29 is 4.79 Å². The second kappa shape index (κ2) is 6.27. The van der Waals surface area contributed by atoms with E-state index in [1.807, 2.05) is 6.92 Å². The molecule has 4 nitrogen and oxygen atoms in total. The van der Waals surface area contributed by atoms with Gasteiger partial charge in [-0.2, -0.15) is 0 Å². The van der Waals surface area contributed by atoms with Crippen LogP contribution in [0.2, 0.25) is 0 Å². The van der Waals surface area contributed by atoms with Crippen LogP contribution in [0, 0.1) is 0 Å². The van der Waals surface area contributed by atoms with Gasteiger partial charge in [0.15, 0.2) is 0 Å². The molecular weight excluding hydrogens is 250 g/mol. The molecule has 0 saturated heterocycles. The number of nitrogens with one attached hydrogen (secondary N) is 1. The zero-order valence-corrected chi connectivity index (χ0v) is 12.5. The molecule has 1 amide bonds. The second-order valence-electron chi connectivity index (χ2n) is 5.74. The van der Waals surface area contributed by atoms with Crippen LogP contribution in [-0.2, 0) is 11.2 Å². The molecule has 2 rings (SSSR count). The number of carbonyl (C=O) groups excluding carboxylic acids is 1. The molecule has 0 saturated carbocycles. The zero-order chi connectivity index (χ0) is 14.6. The lowest BCUT2D eigenvalue weighted by Crippen LogP contribution is -2.54. The summed E-state index contributed by atoms with van der Waals surface area (Å²) in [6, 6.07) is 8.49. The van der Waals surface area contributed by atoms with Gasteiger partial charge < -0.3 is 16.0 Å². The Labute approximate surface area is 121 Å². The lowest BCUT2D eigenvalue weighted by molar-refractivity contribution is -0.124. The minimum Gasteiger partial charge on any atom is -0.371 e. The Balaban J connectivity index is 1.99. The molecule has 1 aliphatic heterocycles. The molecule has 1 aromatic carbocycles. The van der Waals surface area contributed by atoms with Crippen LogP contribution in [0.3, 0.4) is 0 Å². The third-order valence-corrected chi connectivity index (χ3v) is 4.17. The Bertz CT molecular complexity index is 475. The first-order valence-corrected chi connectivity index (χ1v) is 7.44. The van der Waals surface area contributed by atoms with E-state index in [4.69, 9.17) is 5.73 Å². The molecule has 0 spiro atoms. The summed E-state index contributed by atoms with van der Waals surface area (Å²) < 4.78 is 0. The molecular formula is C16H25N3O. The van der Waals surface area contributed by atoms with Gasteiger partial charge in [0.1, 0.15) is 0 Å². The van der Waals surface area contributed by atoms with E-state index in [9.17, 15) is 4.79 Å². The number of hydrogen-bond acceptors (Lipinski definition) is 3. The largest absolute Gasteiger partial charge is 0.371 e. The number of fused-ring (bicyclic) bond motifs is 1. The van der Waals surface area contributed by atoms with E-state index in [1.165, 1.54) is 11.3 Å². The molecule has 1 heterocycles. The third kappa shape index (κ3) is 3.12. The maximum Gasteiger partial charge on any atom is 0.237 e. The van der Waals surface area contributed by atoms with Gasteiger partial charge >= 0.3 is 0 Å². The molecule has 0 aromatic heterocycles. The number of rotatable bonds is 7. The molecule has 1 unspecified atom stereocenters. The van der Waals surface area contributed by atoms with Gasteiger partial charge in [0.2, 0.25) is 5.91 Å². The lowest BCUT2D eigenvalue weighted by Gasteiger charge is -2.30. The number of para-hydroxylation sites is 1. The van der Waals surface area contributed by atoms with Gasteiger partial charge in [-0.1, -0.05) is 25.1 Å². The first-order valence-electron chi connectivity index (χ1n) is 7.44. The highest BCUT2D eigenvalue weighted by atomic mass is 16.1. The van der Waals surface area contributed by atoms with Crippen molar-refractivity contribution in [2.45, 2.75) is 38.6 Å². The summed E-state index contributed by atoms with van der Waals surface area (Å²) in [5, 5.41) is 3.29. The number of carbonyl (C=O) groups is 1. The van der Waals surface area contributed by atoms with Crippen LogP contribution in [0.4, 0.5) is 5.69 Å². The predicted octanol–water partition coefficient (Wildman–Crippen LogP) is 1.68. The standard InChI is InChI=1S/C16H25N3O/c1-3-10-18-16(2,15(17)20)9-12-19-11-8-13-6-4-5-7-14(13)19/h4-7,18H,3,8-12H2,1-2H3,(H2,17,20). The average Bonchev–Trinajstić information content (AvgIpc) is 2.86. The van der Waals surface area contributed by atoms with Crippen molar-refractivity contribution in [2.24, 2.45) is 5.73 Å². The summed E-state index contributed by atoms with van der Waals surface area (Å²) in [6.45, 7) is 6.70. The van der Waals surface area contributed by atoms with E-state index >= 15 is 0 Å². The number of hydrogen-bond donors (Lipinski definition) is 2. The quantitative estimate of drug-likeness (QED) is 0.796. The molecule has 1 aromatic rings. The summed E-state index contributed by atoms with van der Waals surface area (Å²) in [5.74, 6) is -0.265. The molecule has 0 bridgehead atoms. The minimum atomic E-state index is -0.618. The Morgan fingerprint density at radius 1 is 1.45 bits per heavy atom. The van der Waals surface area contributed by atoms with Crippen molar-refractivity contribution in [1.82, 2.24) is 5.32 Å². The van der Waals surface area contributed by atoms with E-state index in [-0.39, 0.29) is 5.91 Å². The summed E-state index contributed by atoms with van der Waals surface area (Å²) in [7, 11) is 0. The second-order valence-corrected chi connectivity index (χ2v) is 5.74. The third-order valence-electron chi connectivity index (χ3n) is 4.17. The highest BCUT2D eigenvalue weighted by Gasteiger charge is 2.31. The van der Waals surface area contributed by atoms with Gasteiger partial charge in [0.05, 0.1) is 5.54 Å². The molecule has 4 heteroatoms. The van der Waals surface area contributed by atoms with Gasteiger partial charge in [-0.15, -0.1) is 0 Å². The number of nitrogens with zero attached hydrogens (tertiary/aromatic N) is 1. The Hall–Kier alpha value is -1.55. The SMILES string of the molecule is CCCNC(C)(CCN1CCc2ccccc21)C(N)=O. The van der Waals surface area contributed by atoms with E-state index < -0.39 is 5.54 Å². The molecule has 1 aliphatic rings. The Kier molecular flexibility index (Phi) is 4.65. The van der Waals surface area contributed by atoms with Crippen LogP contribution in [0.25, 0.3) is 0 Å². The van der Waals surface area contributed by atoms with Crippen molar-refractivity contribution in [3.05, 3.63) is 29.8 Å². The number of anilines is 1. The first-order chi connectivity index (χ1) is 9.57. The van der Waals surface area contributed by atoms with Gasteiger partial charge in [-0.25, -0.2) is 0 Å². The fraction of sp³-hybridized carbons (Fsp3) is 0.562. The zero-order valence-electron chi connectivity index (χ0n) is 12.5. The number of amides is 1. The fourth-order valence-electron chi connectivity index (χ4n) is 2.70. The summed E-state index contributed by atoms with van der Waals surface area (Å²) in [5.41, 5.74) is 7.65. The van der Waals surface area contributed by atoms with Crippen molar-refractivity contribution in [2.75, 3.05) is 24.5 Å². The van der Waals surface area contributed by atoms with E-state index in [2.05, 4.69) is 41.4 Å². The van der Waals surface area contributed by atoms with Crippen LogP contribution in [0.5, 0.6) is 0 Å². The fourth-order valence-corrected chi connectivity index (χ4v) is 2.70. The Morgan fingerprint density at radius 3 is 2.90 bits per heavy atom. The van der Waals surface area contributed by atoms with E-state index in [0.29, 0.717) is 0 Å². The van der Waals surface area contributed by atoms with Gasteiger partial charge in [0.25, 0.3) is 0 Å². The van der Waals surface area contributed by atoms with E-state index in [0.717, 1.165) is 38.9 Å². The van der Waals surface area contributed by atoms with Crippen LogP contribution in [0.1, 0.15) is 32.3 Å². The molecule has 0 radical (unpaired) electrons. The van der Waals surface area contributed by atoms with Crippen molar-refractivity contribution in [1.29, 1.82) is 0 Å². The molecule has 20 heavy (non-hydrogen) atoms. The normalized spacial score (nSPS) is 16.8. The van der Waals surface area contributed by atoms with Gasteiger partial charge in [-0.3, -0.25) is 4.79 Å². The molecule has 110 valence electrons. The molecule has 1 atom stereocenters. The Morgan fingerprint density at radius 2 is 2.20 bits per heavy atom. The van der Waals surface area contributed by atoms with Crippen molar-refractivity contribution in [3.8, 4) is 0 Å². The minimum absolute atomic E-state index is 0.265. The molecule has 0 fully saturated rings. The van der Waals surface area contributed by atoms with Crippen molar-refractivity contribution >= 4 is 11.6 Å². The van der Waals surface area contributed by atoms with Gasteiger partial charge in [-0.05, 0) is 44.4 Å². The molecule has 0 aliphatic carbocycles. The monoisotopic (exact) mass is 275 g/mol. The summed E-state index contributed by atoms with van der Waals surface area (Å²) in [4.78, 5) is 14.1. The van der Waals surface area contributed by atoms with Crippen LogP contribution in [-0.4, -0.2) is 31.1 Å². The van der Waals surface area contributed by atoms with Crippen molar-refractivity contribution in [3.63, 3.8) is 0 Å². The topological polar surface area (TPSA) is 58.4 Å². The van der Waals surface area contributed by atoms with Gasteiger partial charge in [0, 0.05) is 18.8 Å². The lowest BCUT2D eigenvalue weighted by atomic mass is 9.96. The maximum atomic E-state index is 11.7. The highest BCUT2D eigenvalue weighted by molar-refractivity contribution is 5.84. The number of nitrogens with two attached hydrogens (primary N) is 1. The van der Waals surface area contributed by atoms with Crippen LogP contribution in [0.15, 0.2) is 24.3 Å². The first kappa shape index (κ1) is 14.9. The average molecular weight is 275 g/mol. The number of primary amides is 1. The summed E-state index contributed by atoms with van der Waals surface area (Å²) in [6.07, 6.45) is 2.82. The van der Waals surface area contributed by atoms with E-state index in [1.54, 1.807) is 0 Å². The summed E-state index contributed by atoms with van der Waals surface area (Å²) >= 11 is 0. The number of benzene rings is 1.